The van der Waals surface area contributed by atoms with Crippen LogP contribution in [0.5, 0.6) is 0 Å². The highest BCUT2D eigenvalue weighted by Gasteiger charge is 2.27. The number of imidazole rings is 1. The molecule has 4 rings (SSSR count). The van der Waals surface area contributed by atoms with Crippen molar-refractivity contribution in [3.8, 4) is 0 Å². The Morgan fingerprint density at radius 2 is 2.37 bits per heavy atom. The Morgan fingerprint density at radius 3 is 3.15 bits per heavy atom. The van der Waals surface area contributed by atoms with E-state index in [1.165, 1.54) is 11.3 Å². The summed E-state index contributed by atoms with van der Waals surface area (Å²) in [6, 6.07) is 1.95. The van der Waals surface area contributed by atoms with Crippen LogP contribution in [0.1, 0.15) is 29.6 Å². The van der Waals surface area contributed by atoms with Crippen molar-refractivity contribution in [3.63, 3.8) is 0 Å². The molecular formula is C18H19N7OS. The Labute approximate surface area is 160 Å². The van der Waals surface area contributed by atoms with Gasteiger partial charge >= 0.3 is 0 Å². The predicted octanol–water partition coefficient (Wildman–Crippen LogP) is 2.74. The number of aryl methyl sites for hydroxylation is 1. The number of anilines is 2. The van der Waals surface area contributed by atoms with Crippen molar-refractivity contribution in [1.29, 1.82) is 0 Å². The van der Waals surface area contributed by atoms with Crippen molar-refractivity contribution in [2.45, 2.75) is 19.3 Å². The molecule has 1 aliphatic heterocycles. The average molecular weight is 381 g/mol. The van der Waals surface area contributed by atoms with Crippen LogP contribution in [0.2, 0.25) is 0 Å². The highest BCUT2D eigenvalue weighted by Crippen LogP contribution is 2.28. The van der Waals surface area contributed by atoms with Gasteiger partial charge in [0.2, 0.25) is 5.91 Å². The second-order valence-electron chi connectivity index (χ2n) is 6.30. The summed E-state index contributed by atoms with van der Waals surface area (Å²) in [4.78, 5) is 34.4. The van der Waals surface area contributed by atoms with E-state index in [4.69, 9.17) is 0 Å². The number of nitrogens with zero attached hydrogens (tertiary/aromatic N) is 5. The van der Waals surface area contributed by atoms with Crippen molar-refractivity contribution < 1.29 is 4.79 Å². The number of nitrogens with one attached hydrogen (secondary N) is 2. The van der Waals surface area contributed by atoms with Crippen molar-refractivity contribution >= 4 is 34.3 Å². The average Bonchev–Trinajstić information content (AvgIpc) is 3.40. The number of H-pyrrole nitrogens is 1. The molecule has 1 aliphatic rings. The standard InChI is InChI=1S/C18H19N7OS/c1-12-22-15(8-16(23-12)24-18-20-5-7-27-18)13-4-6-25(10-13)17(26)3-2-14-9-19-11-21-14/h2-3,5,7-9,11,13H,4,6,10H2,1H3,(H,19,21)(H,20,22,23,24)/b3-2+. The van der Waals surface area contributed by atoms with Crippen LogP contribution in [0.4, 0.5) is 10.9 Å². The number of aromatic amines is 1. The lowest BCUT2D eigenvalue weighted by Crippen LogP contribution is -2.26. The first-order chi connectivity index (χ1) is 13.2. The summed E-state index contributed by atoms with van der Waals surface area (Å²) in [7, 11) is 0. The molecule has 3 aromatic heterocycles. The molecule has 0 bridgehead atoms. The van der Waals surface area contributed by atoms with Gasteiger partial charge in [-0.25, -0.2) is 19.9 Å². The van der Waals surface area contributed by atoms with Gasteiger partial charge in [0.1, 0.15) is 11.6 Å². The van der Waals surface area contributed by atoms with E-state index < -0.39 is 0 Å². The number of likely N-dealkylation sites (tertiary alicyclic amines) is 1. The number of amides is 1. The fraction of sp³-hybridized carbons (Fsp3) is 0.278. The van der Waals surface area contributed by atoms with Crippen LogP contribution in [0.25, 0.3) is 6.08 Å². The third kappa shape index (κ3) is 4.20. The number of carbonyl (C=O) groups excluding carboxylic acids is 1. The van der Waals surface area contributed by atoms with Crippen LogP contribution in [0.3, 0.4) is 0 Å². The van der Waals surface area contributed by atoms with E-state index in [1.807, 2.05) is 23.3 Å². The minimum Gasteiger partial charge on any atom is -0.345 e. The molecule has 1 amide bonds. The van der Waals surface area contributed by atoms with E-state index in [0.717, 1.165) is 35.3 Å². The maximum Gasteiger partial charge on any atom is 0.246 e. The number of hydrogen-bond donors (Lipinski definition) is 2. The summed E-state index contributed by atoms with van der Waals surface area (Å²) >= 11 is 1.52. The van der Waals surface area contributed by atoms with E-state index in [9.17, 15) is 4.79 Å². The van der Waals surface area contributed by atoms with Crippen molar-refractivity contribution in [3.05, 3.63) is 53.5 Å². The van der Waals surface area contributed by atoms with E-state index in [1.54, 1.807) is 30.9 Å². The molecule has 0 aliphatic carbocycles. The first-order valence-corrected chi connectivity index (χ1v) is 9.53. The lowest BCUT2D eigenvalue weighted by molar-refractivity contribution is -0.124. The molecule has 2 N–H and O–H groups in total. The second kappa shape index (κ2) is 7.67. The first-order valence-electron chi connectivity index (χ1n) is 8.65. The summed E-state index contributed by atoms with van der Waals surface area (Å²) in [5, 5.41) is 5.92. The molecular weight excluding hydrogens is 362 g/mol. The first kappa shape index (κ1) is 17.3. The molecule has 1 saturated heterocycles. The van der Waals surface area contributed by atoms with Gasteiger partial charge in [-0.3, -0.25) is 4.79 Å². The number of carbonyl (C=O) groups is 1. The molecule has 8 nitrogen and oxygen atoms in total. The molecule has 3 aromatic rings. The van der Waals surface area contributed by atoms with E-state index in [-0.39, 0.29) is 11.8 Å². The fourth-order valence-electron chi connectivity index (χ4n) is 3.08. The van der Waals surface area contributed by atoms with Crippen molar-refractivity contribution in [2.75, 3.05) is 18.4 Å². The van der Waals surface area contributed by atoms with Gasteiger partial charge in [0.15, 0.2) is 5.13 Å². The molecule has 1 fully saturated rings. The van der Waals surface area contributed by atoms with Gasteiger partial charge < -0.3 is 15.2 Å². The molecule has 0 radical (unpaired) electrons. The number of aromatic nitrogens is 5. The molecule has 27 heavy (non-hydrogen) atoms. The van der Waals surface area contributed by atoms with Crippen molar-refractivity contribution in [1.82, 2.24) is 29.8 Å². The molecule has 4 heterocycles. The maximum absolute atomic E-state index is 12.4. The molecule has 0 saturated carbocycles. The molecule has 1 atom stereocenters. The Kier molecular flexibility index (Phi) is 4.93. The van der Waals surface area contributed by atoms with Crippen LogP contribution in [0, 0.1) is 6.92 Å². The number of hydrogen-bond acceptors (Lipinski definition) is 7. The van der Waals surface area contributed by atoms with Gasteiger partial charge in [0, 0.05) is 42.7 Å². The van der Waals surface area contributed by atoms with Gasteiger partial charge in [-0.2, -0.15) is 0 Å². The van der Waals surface area contributed by atoms with Crippen LogP contribution < -0.4 is 5.32 Å². The molecule has 138 valence electrons. The van der Waals surface area contributed by atoms with Crippen LogP contribution >= 0.6 is 11.3 Å². The predicted molar refractivity (Wildman–Crippen MR) is 104 cm³/mol. The van der Waals surface area contributed by atoms with Gasteiger partial charge in [0.05, 0.1) is 23.9 Å². The molecule has 0 aromatic carbocycles. The smallest absolute Gasteiger partial charge is 0.246 e. The summed E-state index contributed by atoms with van der Waals surface area (Å²) in [5.41, 5.74) is 1.76. The molecule has 0 spiro atoms. The topological polar surface area (TPSA) is 99.7 Å². The zero-order valence-corrected chi connectivity index (χ0v) is 15.6. The summed E-state index contributed by atoms with van der Waals surface area (Å²) in [6.07, 6.45) is 9.22. The van der Waals surface area contributed by atoms with Gasteiger partial charge in [-0.05, 0) is 19.4 Å². The Bertz CT molecular complexity index is 937. The summed E-state index contributed by atoms with van der Waals surface area (Å²) in [5.74, 6) is 1.64. The van der Waals surface area contributed by atoms with Crippen LogP contribution in [0.15, 0.2) is 36.2 Å². The normalized spacial score (nSPS) is 16.9. The maximum atomic E-state index is 12.4. The van der Waals surface area contributed by atoms with E-state index in [2.05, 4.69) is 30.2 Å². The van der Waals surface area contributed by atoms with Crippen LogP contribution in [-0.2, 0) is 4.79 Å². The van der Waals surface area contributed by atoms with Crippen molar-refractivity contribution in [2.24, 2.45) is 0 Å². The van der Waals surface area contributed by atoms with Gasteiger partial charge in [-0.15, -0.1) is 11.3 Å². The SMILES string of the molecule is Cc1nc(Nc2nccs2)cc(C2CCN(C(=O)/C=C/c3cnc[nH]3)C2)n1. The number of rotatable bonds is 5. The Morgan fingerprint density at radius 1 is 1.44 bits per heavy atom. The lowest BCUT2D eigenvalue weighted by Gasteiger charge is -2.15. The van der Waals surface area contributed by atoms with Crippen LogP contribution in [-0.4, -0.2) is 48.8 Å². The zero-order valence-electron chi connectivity index (χ0n) is 14.8. The minimum atomic E-state index is -0.000915. The molecule has 9 heteroatoms. The molecule has 1 unspecified atom stereocenters. The minimum absolute atomic E-state index is 0.000915. The summed E-state index contributed by atoms with van der Waals surface area (Å²) < 4.78 is 0. The Hall–Kier alpha value is -3.07. The monoisotopic (exact) mass is 381 g/mol. The fourth-order valence-corrected chi connectivity index (χ4v) is 3.62. The highest BCUT2D eigenvalue weighted by atomic mass is 32.1. The zero-order chi connectivity index (χ0) is 18.6. The highest BCUT2D eigenvalue weighted by molar-refractivity contribution is 7.13. The van der Waals surface area contributed by atoms with E-state index >= 15 is 0 Å². The van der Waals surface area contributed by atoms with Gasteiger partial charge in [-0.1, -0.05) is 0 Å². The number of thiazole rings is 1. The van der Waals surface area contributed by atoms with Gasteiger partial charge in [0.25, 0.3) is 0 Å². The third-order valence-electron chi connectivity index (χ3n) is 4.37. The van der Waals surface area contributed by atoms with E-state index in [0.29, 0.717) is 12.4 Å². The largest absolute Gasteiger partial charge is 0.345 e. The lowest BCUT2D eigenvalue weighted by atomic mass is 10.0. The quantitative estimate of drug-likeness (QED) is 0.659. The Balaban J connectivity index is 1.43. The second-order valence-corrected chi connectivity index (χ2v) is 7.19. The summed E-state index contributed by atoms with van der Waals surface area (Å²) in [6.45, 7) is 3.25. The third-order valence-corrected chi connectivity index (χ3v) is 5.06.